The Morgan fingerprint density at radius 1 is 1.05 bits per heavy atom. The van der Waals surface area contributed by atoms with Gasteiger partial charge >= 0.3 is 0 Å². The number of amides is 2. The van der Waals surface area contributed by atoms with Crippen LogP contribution < -0.4 is 5.32 Å². The maximum Gasteiger partial charge on any atom is 0.264 e. The Balaban J connectivity index is 1.32. The summed E-state index contributed by atoms with van der Waals surface area (Å²) in [4.78, 5) is 30.7. The summed E-state index contributed by atoms with van der Waals surface area (Å²) >= 11 is 0. The van der Waals surface area contributed by atoms with Crippen molar-refractivity contribution in [2.24, 2.45) is 0 Å². The van der Waals surface area contributed by atoms with E-state index in [0.29, 0.717) is 0 Å². The van der Waals surface area contributed by atoms with Crippen LogP contribution in [0.4, 0.5) is 0 Å². The smallest absolute Gasteiger partial charge is 0.264 e. The zero-order valence-corrected chi connectivity index (χ0v) is 23.6. The van der Waals surface area contributed by atoms with Gasteiger partial charge in [0.25, 0.3) is 10.0 Å². The Labute approximate surface area is 231 Å². The molecular formula is C30H38N4O4S. The molecule has 2 aliphatic heterocycles. The third kappa shape index (κ3) is 5.89. The topological polar surface area (TPSA) is 90.0 Å². The molecule has 2 amide bonds. The fraction of sp³-hybridized carbons (Fsp3) is 0.467. The average Bonchev–Trinajstić information content (AvgIpc) is 2.94. The largest absolute Gasteiger partial charge is 0.339 e. The average molecular weight is 551 g/mol. The number of likely N-dealkylation sites (tertiary alicyclic amines) is 1. The van der Waals surface area contributed by atoms with Crippen LogP contribution in [0, 0.1) is 6.92 Å². The van der Waals surface area contributed by atoms with Crippen LogP contribution in [-0.2, 0) is 32.6 Å². The minimum Gasteiger partial charge on any atom is -0.339 e. The molecule has 2 atom stereocenters. The molecule has 208 valence electrons. The number of hydrogen-bond acceptors (Lipinski definition) is 5. The van der Waals surface area contributed by atoms with Gasteiger partial charge in [0.15, 0.2) is 0 Å². The zero-order valence-electron chi connectivity index (χ0n) is 22.8. The van der Waals surface area contributed by atoms with Crippen LogP contribution in [0.2, 0.25) is 0 Å². The molecule has 3 aliphatic rings. The van der Waals surface area contributed by atoms with Gasteiger partial charge in [-0.25, -0.2) is 8.42 Å². The number of aryl methyl sites for hydroxylation is 2. The minimum absolute atomic E-state index is 0.0832. The van der Waals surface area contributed by atoms with Gasteiger partial charge in [-0.2, -0.15) is 0 Å². The van der Waals surface area contributed by atoms with Crippen LogP contribution in [0.5, 0.6) is 0 Å². The van der Waals surface area contributed by atoms with Gasteiger partial charge in [0.1, 0.15) is 6.04 Å². The van der Waals surface area contributed by atoms with Crippen molar-refractivity contribution >= 4 is 21.8 Å². The van der Waals surface area contributed by atoms with E-state index < -0.39 is 22.0 Å². The molecule has 1 unspecified atom stereocenters. The Bertz CT molecular complexity index is 1350. The summed E-state index contributed by atoms with van der Waals surface area (Å²) in [5.41, 5.74) is 4.67. The Morgan fingerprint density at radius 2 is 1.79 bits per heavy atom. The highest BCUT2D eigenvalue weighted by Crippen LogP contribution is 2.35. The lowest BCUT2D eigenvalue weighted by Crippen LogP contribution is -2.51. The van der Waals surface area contributed by atoms with Crippen molar-refractivity contribution in [3.8, 4) is 0 Å². The van der Waals surface area contributed by atoms with Crippen molar-refractivity contribution in [3.63, 3.8) is 0 Å². The normalized spacial score (nSPS) is 21.8. The molecular weight excluding hydrogens is 512 g/mol. The highest BCUT2D eigenvalue weighted by molar-refractivity contribution is 7.89. The molecule has 2 aromatic rings. The van der Waals surface area contributed by atoms with Crippen LogP contribution in [0.25, 0.3) is 0 Å². The zero-order chi connectivity index (χ0) is 27.6. The predicted octanol–water partition coefficient (Wildman–Crippen LogP) is 3.87. The molecule has 1 saturated heterocycles. The standard InChI is InChI=1S/C30H38N4O4S/c1-22-9-12-25(13-10-22)39(37,38)34-18-15-31-30(36)28(34)20-29(35)32(2)27-8-6-7-24-19-23(11-14-26(24)27)21-33-16-4-3-5-17-33/h9-15,18-19,27-28H,3-8,16-17,20-21H2,1-2H3,(H,31,36)/t27-,28?/m1/s1. The summed E-state index contributed by atoms with van der Waals surface area (Å²) in [5.74, 6) is -0.772. The van der Waals surface area contributed by atoms with Crippen LogP contribution in [0.15, 0.2) is 59.8 Å². The molecule has 0 aromatic heterocycles. The second kappa shape index (κ2) is 11.5. The maximum absolute atomic E-state index is 13.5. The molecule has 0 spiro atoms. The lowest BCUT2D eigenvalue weighted by Gasteiger charge is -2.36. The van der Waals surface area contributed by atoms with Gasteiger partial charge < -0.3 is 10.2 Å². The second-order valence-corrected chi connectivity index (χ2v) is 12.8. The van der Waals surface area contributed by atoms with Gasteiger partial charge in [0.2, 0.25) is 11.8 Å². The number of piperidine rings is 1. The van der Waals surface area contributed by atoms with Gasteiger partial charge in [0.05, 0.1) is 17.4 Å². The lowest BCUT2D eigenvalue weighted by atomic mass is 9.85. The summed E-state index contributed by atoms with van der Waals surface area (Å²) < 4.78 is 27.8. The molecule has 8 nitrogen and oxygen atoms in total. The molecule has 9 heteroatoms. The van der Waals surface area contributed by atoms with Gasteiger partial charge in [-0.05, 0) is 80.9 Å². The first-order chi connectivity index (χ1) is 18.7. The lowest BCUT2D eigenvalue weighted by molar-refractivity contribution is -0.136. The Kier molecular flexibility index (Phi) is 8.09. The first kappa shape index (κ1) is 27.4. The fourth-order valence-electron chi connectivity index (χ4n) is 5.97. The highest BCUT2D eigenvalue weighted by Gasteiger charge is 2.38. The van der Waals surface area contributed by atoms with E-state index in [1.165, 1.54) is 54.9 Å². The van der Waals surface area contributed by atoms with Crippen LogP contribution in [0.1, 0.15) is 66.8 Å². The number of carbonyl (C=O) groups excluding carboxylic acids is 2. The van der Waals surface area contributed by atoms with Crippen molar-refractivity contribution in [2.75, 3.05) is 20.1 Å². The Morgan fingerprint density at radius 3 is 2.54 bits per heavy atom. The third-order valence-corrected chi connectivity index (χ3v) is 10.0. The number of nitrogens with one attached hydrogen (secondary N) is 1. The first-order valence-corrected chi connectivity index (χ1v) is 15.3. The molecule has 0 saturated carbocycles. The number of rotatable bonds is 7. The summed E-state index contributed by atoms with van der Waals surface area (Å²) in [6.07, 6.45) is 9.03. The number of hydrogen-bond donors (Lipinski definition) is 1. The molecule has 0 radical (unpaired) electrons. The van der Waals surface area contributed by atoms with Crippen molar-refractivity contribution < 1.29 is 18.0 Å². The molecule has 39 heavy (non-hydrogen) atoms. The summed E-state index contributed by atoms with van der Waals surface area (Å²) in [6.45, 7) is 5.14. The predicted molar refractivity (Wildman–Crippen MR) is 150 cm³/mol. The molecule has 2 heterocycles. The number of fused-ring (bicyclic) bond motifs is 1. The summed E-state index contributed by atoms with van der Waals surface area (Å²) in [7, 11) is -2.25. The van der Waals surface area contributed by atoms with Gasteiger partial charge in [-0.1, -0.05) is 42.3 Å². The second-order valence-electron chi connectivity index (χ2n) is 11.0. The summed E-state index contributed by atoms with van der Waals surface area (Å²) in [5, 5.41) is 2.57. The van der Waals surface area contributed by atoms with E-state index in [4.69, 9.17) is 0 Å². The SMILES string of the molecule is Cc1ccc(S(=O)(=O)N2C=CNC(=O)C2CC(=O)N(C)[C@@H]2CCCc3cc(CN4CCCCC4)ccc32)cc1. The summed E-state index contributed by atoms with van der Waals surface area (Å²) in [6, 6.07) is 11.8. The van der Waals surface area contributed by atoms with Gasteiger partial charge in [-0.15, -0.1) is 0 Å². The van der Waals surface area contributed by atoms with Crippen molar-refractivity contribution in [3.05, 3.63) is 77.1 Å². The van der Waals surface area contributed by atoms with E-state index >= 15 is 0 Å². The van der Waals surface area contributed by atoms with E-state index in [0.717, 1.165) is 54.3 Å². The van der Waals surface area contributed by atoms with E-state index in [1.54, 1.807) is 24.1 Å². The van der Waals surface area contributed by atoms with Crippen molar-refractivity contribution in [1.82, 2.24) is 19.4 Å². The number of nitrogens with zero attached hydrogens (tertiary/aromatic N) is 3. The Hall–Kier alpha value is -3.17. The number of sulfonamides is 1. The van der Waals surface area contributed by atoms with E-state index in [2.05, 4.69) is 28.4 Å². The third-order valence-electron chi connectivity index (χ3n) is 8.23. The molecule has 1 N–H and O–H groups in total. The van der Waals surface area contributed by atoms with Crippen molar-refractivity contribution in [2.45, 2.75) is 75.4 Å². The monoisotopic (exact) mass is 550 g/mol. The maximum atomic E-state index is 13.5. The van der Waals surface area contributed by atoms with Crippen molar-refractivity contribution in [1.29, 1.82) is 0 Å². The molecule has 2 aromatic carbocycles. The molecule has 5 rings (SSSR count). The van der Waals surface area contributed by atoms with E-state index in [-0.39, 0.29) is 23.3 Å². The number of carbonyl (C=O) groups is 2. The van der Waals surface area contributed by atoms with Gasteiger partial charge in [0, 0.05) is 26.0 Å². The van der Waals surface area contributed by atoms with E-state index in [9.17, 15) is 18.0 Å². The molecule has 1 fully saturated rings. The first-order valence-electron chi connectivity index (χ1n) is 13.9. The van der Waals surface area contributed by atoms with Crippen LogP contribution >= 0.6 is 0 Å². The quantitative estimate of drug-likeness (QED) is 0.565. The highest BCUT2D eigenvalue weighted by atomic mass is 32.2. The van der Waals surface area contributed by atoms with Crippen LogP contribution in [-0.4, -0.2) is 60.5 Å². The van der Waals surface area contributed by atoms with Crippen LogP contribution in [0.3, 0.4) is 0 Å². The van der Waals surface area contributed by atoms with E-state index in [1.807, 2.05) is 6.92 Å². The molecule has 1 aliphatic carbocycles. The fourth-order valence-corrected chi connectivity index (χ4v) is 7.42. The number of benzene rings is 2. The molecule has 0 bridgehead atoms. The van der Waals surface area contributed by atoms with Gasteiger partial charge in [-0.3, -0.25) is 18.8 Å². The minimum atomic E-state index is -4.01.